The summed E-state index contributed by atoms with van der Waals surface area (Å²) in [7, 11) is 0. The lowest BCUT2D eigenvalue weighted by atomic mass is 10.1. The summed E-state index contributed by atoms with van der Waals surface area (Å²) in [6, 6.07) is -1.41. The van der Waals surface area contributed by atoms with Crippen molar-refractivity contribution in [1.29, 1.82) is 0 Å². The van der Waals surface area contributed by atoms with Crippen molar-refractivity contribution in [2.45, 2.75) is 64.5 Å². The van der Waals surface area contributed by atoms with Gasteiger partial charge in [-0.15, -0.1) is 0 Å². The van der Waals surface area contributed by atoms with Gasteiger partial charge in [0.1, 0.15) is 12.1 Å². The van der Waals surface area contributed by atoms with E-state index in [4.69, 9.17) is 5.11 Å². The molecule has 1 fully saturated rings. The molecule has 2 atom stereocenters. The number of carboxylic acid groups (broad SMARTS) is 1. The fourth-order valence-electron chi connectivity index (χ4n) is 2.48. The Kier molecular flexibility index (Phi) is 6.48. The van der Waals surface area contributed by atoms with E-state index in [1.807, 2.05) is 13.8 Å². The molecule has 0 saturated carbocycles. The van der Waals surface area contributed by atoms with Crippen LogP contribution in [0.3, 0.4) is 0 Å². The quantitative estimate of drug-likeness (QED) is 0.700. The third kappa shape index (κ3) is 4.21. The molecule has 6 heteroatoms. The molecule has 0 aromatic carbocycles. The first-order valence-corrected chi connectivity index (χ1v) is 7.33. The molecule has 114 valence electrons. The zero-order valence-corrected chi connectivity index (χ0v) is 12.2. The Labute approximate surface area is 119 Å². The standard InChI is InChI=1S/C14H24N2O4/c1-3-5-7-10(14(19)20)15-13(18)11(4-2)16-9-6-8-12(16)17/h10-11H,3-9H2,1-2H3,(H,15,18)(H,19,20)/t10-,11?/m0/s1. The number of carbonyl (C=O) groups excluding carboxylic acids is 2. The summed E-state index contributed by atoms with van der Waals surface area (Å²) in [5.74, 6) is -1.40. The predicted molar refractivity (Wildman–Crippen MR) is 74.1 cm³/mol. The number of aliphatic carboxylic acids is 1. The van der Waals surface area contributed by atoms with Crippen LogP contribution in [-0.4, -0.2) is 46.4 Å². The van der Waals surface area contributed by atoms with Crippen molar-refractivity contribution in [2.24, 2.45) is 0 Å². The van der Waals surface area contributed by atoms with Crippen LogP contribution in [0, 0.1) is 0 Å². The second-order valence-electron chi connectivity index (χ2n) is 5.16. The molecule has 6 nitrogen and oxygen atoms in total. The van der Waals surface area contributed by atoms with Crippen LogP contribution in [0.4, 0.5) is 0 Å². The number of amides is 2. The highest BCUT2D eigenvalue weighted by atomic mass is 16.4. The maximum atomic E-state index is 12.2. The highest BCUT2D eigenvalue weighted by Gasteiger charge is 2.33. The van der Waals surface area contributed by atoms with Crippen LogP contribution in [0.15, 0.2) is 0 Å². The number of rotatable bonds is 8. The third-order valence-corrected chi connectivity index (χ3v) is 3.64. The highest BCUT2D eigenvalue weighted by molar-refractivity contribution is 5.91. The van der Waals surface area contributed by atoms with Crippen LogP contribution in [-0.2, 0) is 14.4 Å². The zero-order chi connectivity index (χ0) is 15.1. The van der Waals surface area contributed by atoms with Crippen LogP contribution in [0.1, 0.15) is 52.4 Å². The van der Waals surface area contributed by atoms with Crippen molar-refractivity contribution in [2.75, 3.05) is 6.54 Å². The van der Waals surface area contributed by atoms with Crippen molar-refractivity contribution < 1.29 is 19.5 Å². The lowest BCUT2D eigenvalue weighted by Crippen LogP contribution is -2.51. The predicted octanol–water partition coefficient (Wildman–Crippen LogP) is 1.15. The number of likely N-dealkylation sites (tertiary alicyclic amines) is 1. The third-order valence-electron chi connectivity index (χ3n) is 3.64. The number of nitrogens with zero attached hydrogens (tertiary/aromatic N) is 1. The van der Waals surface area contributed by atoms with Crippen molar-refractivity contribution in [3.8, 4) is 0 Å². The van der Waals surface area contributed by atoms with Gasteiger partial charge in [0.2, 0.25) is 11.8 Å². The van der Waals surface area contributed by atoms with Crippen LogP contribution < -0.4 is 5.32 Å². The molecule has 1 aliphatic rings. The molecule has 0 aliphatic carbocycles. The van der Waals surface area contributed by atoms with E-state index in [0.717, 1.165) is 19.3 Å². The Morgan fingerprint density at radius 3 is 2.55 bits per heavy atom. The Balaban J connectivity index is 2.65. The minimum atomic E-state index is -1.02. The van der Waals surface area contributed by atoms with Gasteiger partial charge in [0, 0.05) is 13.0 Å². The summed E-state index contributed by atoms with van der Waals surface area (Å²) in [5.41, 5.74) is 0. The maximum Gasteiger partial charge on any atom is 0.326 e. The lowest BCUT2D eigenvalue weighted by molar-refractivity contribution is -0.144. The molecule has 1 unspecified atom stereocenters. The van der Waals surface area contributed by atoms with Gasteiger partial charge in [0.05, 0.1) is 0 Å². The van der Waals surface area contributed by atoms with Gasteiger partial charge in [-0.2, -0.15) is 0 Å². The van der Waals surface area contributed by atoms with Gasteiger partial charge in [0.25, 0.3) is 0 Å². The monoisotopic (exact) mass is 284 g/mol. The molecule has 1 aliphatic heterocycles. The summed E-state index contributed by atoms with van der Waals surface area (Å²) in [6.45, 7) is 4.38. The molecule has 0 spiro atoms. The second-order valence-corrected chi connectivity index (χ2v) is 5.16. The first kappa shape index (κ1) is 16.5. The average molecular weight is 284 g/mol. The maximum absolute atomic E-state index is 12.2. The fourth-order valence-corrected chi connectivity index (χ4v) is 2.48. The van der Waals surface area contributed by atoms with E-state index in [9.17, 15) is 14.4 Å². The smallest absolute Gasteiger partial charge is 0.326 e. The number of hydrogen-bond donors (Lipinski definition) is 2. The van der Waals surface area contributed by atoms with Crippen molar-refractivity contribution in [3.63, 3.8) is 0 Å². The second kappa shape index (κ2) is 7.87. The van der Waals surface area contributed by atoms with E-state index in [1.54, 1.807) is 4.90 Å². The van der Waals surface area contributed by atoms with Crippen LogP contribution >= 0.6 is 0 Å². The van der Waals surface area contributed by atoms with E-state index in [2.05, 4.69) is 5.32 Å². The molecule has 2 N–H and O–H groups in total. The van der Waals surface area contributed by atoms with Gasteiger partial charge in [-0.25, -0.2) is 4.79 Å². The first-order chi connectivity index (χ1) is 9.51. The molecule has 2 amide bonds. The van der Waals surface area contributed by atoms with Crippen molar-refractivity contribution in [1.82, 2.24) is 10.2 Å². The van der Waals surface area contributed by atoms with Crippen LogP contribution in [0.5, 0.6) is 0 Å². The van der Waals surface area contributed by atoms with E-state index in [0.29, 0.717) is 25.8 Å². The van der Waals surface area contributed by atoms with Gasteiger partial charge < -0.3 is 15.3 Å². The molecule has 20 heavy (non-hydrogen) atoms. The number of unbranched alkanes of at least 4 members (excludes halogenated alkanes) is 1. The summed E-state index contributed by atoms with van der Waals surface area (Å²) in [4.78, 5) is 36.6. The number of nitrogens with one attached hydrogen (secondary N) is 1. The van der Waals surface area contributed by atoms with Gasteiger partial charge in [-0.05, 0) is 19.3 Å². The minimum absolute atomic E-state index is 0.0209. The van der Waals surface area contributed by atoms with Gasteiger partial charge in [0.15, 0.2) is 0 Å². The molecule has 1 rings (SSSR count). The van der Waals surface area contributed by atoms with E-state index in [-0.39, 0.29) is 11.8 Å². The summed E-state index contributed by atoms with van der Waals surface area (Å²) in [5, 5.41) is 11.7. The molecule has 0 aromatic heterocycles. The zero-order valence-electron chi connectivity index (χ0n) is 12.2. The Bertz CT molecular complexity index is 370. The van der Waals surface area contributed by atoms with Gasteiger partial charge in [-0.1, -0.05) is 26.7 Å². The van der Waals surface area contributed by atoms with Gasteiger partial charge in [-0.3, -0.25) is 9.59 Å². The summed E-state index contributed by atoms with van der Waals surface area (Å²) in [6.07, 6.45) is 3.78. The van der Waals surface area contributed by atoms with E-state index >= 15 is 0 Å². The largest absolute Gasteiger partial charge is 0.480 e. The van der Waals surface area contributed by atoms with Crippen molar-refractivity contribution >= 4 is 17.8 Å². The Morgan fingerprint density at radius 2 is 2.10 bits per heavy atom. The Hall–Kier alpha value is -1.59. The SMILES string of the molecule is CCCC[C@H](NC(=O)C(CC)N1CCCC1=O)C(=O)O. The summed E-state index contributed by atoms with van der Waals surface area (Å²) < 4.78 is 0. The normalized spacial score (nSPS) is 17.9. The fraction of sp³-hybridized carbons (Fsp3) is 0.786. The molecule has 0 aromatic rings. The minimum Gasteiger partial charge on any atom is -0.480 e. The molecule has 0 radical (unpaired) electrons. The van der Waals surface area contributed by atoms with Crippen LogP contribution in [0.2, 0.25) is 0 Å². The van der Waals surface area contributed by atoms with Gasteiger partial charge >= 0.3 is 5.97 Å². The molecule has 1 heterocycles. The molecular formula is C14H24N2O4. The first-order valence-electron chi connectivity index (χ1n) is 7.33. The molecule has 1 saturated heterocycles. The average Bonchev–Trinajstić information content (AvgIpc) is 2.81. The Morgan fingerprint density at radius 1 is 1.40 bits per heavy atom. The van der Waals surface area contributed by atoms with E-state index < -0.39 is 18.1 Å². The number of carbonyl (C=O) groups is 3. The van der Waals surface area contributed by atoms with Crippen LogP contribution in [0.25, 0.3) is 0 Å². The summed E-state index contributed by atoms with van der Waals surface area (Å²) >= 11 is 0. The topological polar surface area (TPSA) is 86.7 Å². The molecule has 0 bridgehead atoms. The lowest BCUT2D eigenvalue weighted by Gasteiger charge is -2.27. The highest BCUT2D eigenvalue weighted by Crippen LogP contribution is 2.16. The number of carboxylic acids is 1. The van der Waals surface area contributed by atoms with Crippen molar-refractivity contribution in [3.05, 3.63) is 0 Å². The molecular weight excluding hydrogens is 260 g/mol. The number of hydrogen-bond acceptors (Lipinski definition) is 3. The van der Waals surface area contributed by atoms with E-state index in [1.165, 1.54) is 0 Å².